The molecule has 0 unspecified atom stereocenters. The van der Waals surface area contributed by atoms with Crippen molar-refractivity contribution in [1.29, 1.82) is 0 Å². The molecule has 0 fully saturated rings. The zero-order valence-electron chi connectivity index (χ0n) is 15.1. The van der Waals surface area contributed by atoms with Gasteiger partial charge in [0.15, 0.2) is 0 Å². The molecule has 2 N–H and O–H groups in total. The van der Waals surface area contributed by atoms with Crippen LogP contribution in [0.25, 0.3) is 0 Å². The fourth-order valence-electron chi connectivity index (χ4n) is 2.26. The summed E-state index contributed by atoms with van der Waals surface area (Å²) < 4.78 is 5.11. The van der Waals surface area contributed by atoms with Gasteiger partial charge in [0.1, 0.15) is 11.2 Å². The highest BCUT2D eigenvalue weighted by molar-refractivity contribution is 6.09. The minimum absolute atomic E-state index is 0.325. The van der Waals surface area contributed by atoms with E-state index in [9.17, 15) is 9.59 Å². The van der Waals surface area contributed by atoms with Crippen LogP contribution in [0, 0.1) is 12.3 Å². The van der Waals surface area contributed by atoms with Crippen molar-refractivity contribution in [1.82, 2.24) is 5.32 Å². The first-order chi connectivity index (χ1) is 11.8. The van der Waals surface area contributed by atoms with E-state index in [1.54, 1.807) is 27.0 Å². The minimum Gasteiger partial charge on any atom is -0.497 e. The summed E-state index contributed by atoms with van der Waals surface area (Å²) in [5.41, 5.74) is 1.47. The van der Waals surface area contributed by atoms with Crippen LogP contribution in [0.4, 0.5) is 5.69 Å². The van der Waals surface area contributed by atoms with Gasteiger partial charge in [-0.2, -0.15) is 0 Å². The van der Waals surface area contributed by atoms with E-state index in [1.807, 2.05) is 49.4 Å². The average molecular weight is 340 g/mol. The maximum Gasteiger partial charge on any atom is 0.239 e. The molecule has 0 aliphatic rings. The lowest BCUT2D eigenvalue weighted by Crippen LogP contribution is -2.44. The molecule has 0 radical (unpaired) electrons. The SMILES string of the molecule is COc1ccc(CNC(=O)C(C)(C)C(=O)Nc2cccc(C)c2)cc1. The Bertz CT molecular complexity index is 752. The average Bonchev–Trinajstić information content (AvgIpc) is 2.60. The molecule has 0 spiro atoms. The first-order valence-electron chi connectivity index (χ1n) is 8.12. The highest BCUT2D eigenvalue weighted by atomic mass is 16.5. The van der Waals surface area contributed by atoms with Crippen LogP contribution in [0.3, 0.4) is 0 Å². The van der Waals surface area contributed by atoms with Gasteiger partial charge in [-0.15, -0.1) is 0 Å². The fourth-order valence-corrected chi connectivity index (χ4v) is 2.26. The Morgan fingerprint density at radius 1 is 1.04 bits per heavy atom. The van der Waals surface area contributed by atoms with E-state index >= 15 is 0 Å². The summed E-state index contributed by atoms with van der Waals surface area (Å²) in [5, 5.41) is 5.62. The molecule has 5 heteroatoms. The molecule has 0 saturated carbocycles. The second kappa shape index (κ2) is 7.83. The molecule has 25 heavy (non-hydrogen) atoms. The van der Waals surface area contributed by atoms with Crippen molar-refractivity contribution in [2.45, 2.75) is 27.3 Å². The lowest BCUT2D eigenvalue weighted by atomic mass is 9.90. The number of anilines is 1. The Hall–Kier alpha value is -2.82. The van der Waals surface area contributed by atoms with Crippen molar-refractivity contribution in [2.24, 2.45) is 5.41 Å². The summed E-state index contributed by atoms with van der Waals surface area (Å²) in [6.45, 7) is 5.52. The summed E-state index contributed by atoms with van der Waals surface area (Å²) in [7, 11) is 1.60. The molecule has 2 aromatic rings. The van der Waals surface area contributed by atoms with E-state index in [4.69, 9.17) is 4.74 Å². The molecule has 2 amide bonds. The highest BCUT2D eigenvalue weighted by Gasteiger charge is 2.35. The third-order valence-corrected chi connectivity index (χ3v) is 4.02. The van der Waals surface area contributed by atoms with Crippen LogP contribution < -0.4 is 15.4 Å². The molecule has 0 bridgehead atoms. The number of methoxy groups -OCH3 is 1. The second-order valence-electron chi connectivity index (χ2n) is 6.48. The van der Waals surface area contributed by atoms with Crippen molar-refractivity contribution < 1.29 is 14.3 Å². The van der Waals surface area contributed by atoms with Gasteiger partial charge in [0.2, 0.25) is 11.8 Å². The Balaban J connectivity index is 1.96. The molecule has 2 aromatic carbocycles. The predicted octanol–water partition coefficient (Wildman–Crippen LogP) is 3.28. The third-order valence-electron chi connectivity index (χ3n) is 4.02. The lowest BCUT2D eigenvalue weighted by molar-refractivity contribution is -0.138. The summed E-state index contributed by atoms with van der Waals surface area (Å²) >= 11 is 0. The van der Waals surface area contributed by atoms with Crippen LogP contribution in [-0.4, -0.2) is 18.9 Å². The van der Waals surface area contributed by atoms with Gasteiger partial charge in [0.25, 0.3) is 0 Å². The first kappa shape index (κ1) is 18.5. The van der Waals surface area contributed by atoms with Crippen molar-refractivity contribution in [3.05, 3.63) is 59.7 Å². The molecule has 0 aliphatic heterocycles. The van der Waals surface area contributed by atoms with Crippen LogP contribution in [0.5, 0.6) is 5.75 Å². The zero-order valence-corrected chi connectivity index (χ0v) is 15.1. The molecular weight excluding hydrogens is 316 g/mol. The molecule has 0 atom stereocenters. The maximum absolute atomic E-state index is 12.5. The van der Waals surface area contributed by atoms with Crippen molar-refractivity contribution in [3.8, 4) is 5.75 Å². The number of amides is 2. The van der Waals surface area contributed by atoms with Gasteiger partial charge >= 0.3 is 0 Å². The van der Waals surface area contributed by atoms with Gasteiger partial charge in [-0.1, -0.05) is 24.3 Å². The van der Waals surface area contributed by atoms with E-state index in [-0.39, 0.29) is 11.8 Å². The number of carbonyl (C=O) groups is 2. The monoisotopic (exact) mass is 340 g/mol. The van der Waals surface area contributed by atoms with Gasteiger partial charge in [-0.05, 0) is 56.2 Å². The van der Waals surface area contributed by atoms with Crippen molar-refractivity contribution in [3.63, 3.8) is 0 Å². The Morgan fingerprint density at radius 3 is 2.32 bits per heavy atom. The molecule has 0 aromatic heterocycles. The third kappa shape index (κ3) is 4.83. The Kier molecular flexibility index (Phi) is 5.80. The van der Waals surface area contributed by atoms with Crippen LogP contribution in [0.1, 0.15) is 25.0 Å². The van der Waals surface area contributed by atoms with Crippen LogP contribution in [-0.2, 0) is 16.1 Å². The molecule has 132 valence electrons. The largest absolute Gasteiger partial charge is 0.497 e. The number of benzene rings is 2. The topological polar surface area (TPSA) is 67.4 Å². The Morgan fingerprint density at radius 2 is 1.72 bits per heavy atom. The van der Waals surface area contributed by atoms with E-state index in [1.165, 1.54) is 0 Å². The summed E-state index contributed by atoms with van der Waals surface area (Å²) in [6.07, 6.45) is 0. The normalized spacial score (nSPS) is 10.9. The second-order valence-corrected chi connectivity index (χ2v) is 6.48. The predicted molar refractivity (Wildman–Crippen MR) is 98.4 cm³/mol. The van der Waals surface area contributed by atoms with Crippen LogP contribution in [0.2, 0.25) is 0 Å². The number of hydrogen-bond donors (Lipinski definition) is 2. The maximum atomic E-state index is 12.5. The zero-order chi connectivity index (χ0) is 18.4. The summed E-state index contributed by atoms with van der Waals surface area (Å²) in [6, 6.07) is 14.9. The van der Waals surface area contributed by atoms with Gasteiger partial charge in [-0.3, -0.25) is 9.59 Å². The number of hydrogen-bond acceptors (Lipinski definition) is 3. The smallest absolute Gasteiger partial charge is 0.239 e. The molecule has 0 heterocycles. The molecule has 0 aliphatic carbocycles. The molecular formula is C20H24N2O3. The Labute approximate surface area is 148 Å². The molecule has 5 nitrogen and oxygen atoms in total. The number of rotatable bonds is 6. The summed E-state index contributed by atoms with van der Waals surface area (Å²) in [5.74, 6) is 0.0896. The summed E-state index contributed by atoms with van der Waals surface area (Å²) in [4.78, 5) is 25.0. The van der Waals surface area contributed by atoms with Gasteiger partial charge in [0, 0.05) is 12.2 Å². The lowest BCUT2D eigenvalue weighted by Gasteiger charge is -2.23. The number of aryl methyl sites for hydroxylation is 1. The van der Waals surface area contributed by atoms with Gasteiger partial charge in [0.05, 0.1) is 7.11 Å². The van der Waals surface area contributed by atoms with Crippen LogP contribution in [0.15, 0.2) is 48.5 Å². The van der Waals surface area contributed by atoms with Crippen molar-refractivity contribution >= 4 is 17.5 Å². The number of carbonyl (C=O) groups excluding carboxylic acids is 2. The molecule has 2 rings (SSSR count). The van der Waals surface area contributed by atoms with Crippen molar-refractivity contribution in [2.75, 3.05) is 12.4 Å². The fraction of sp³-hybridized carbons (Fsp3) is 0.300. The number of nitrogens with one attached hydrogen (secondary N) is 2. The van der Waals surface area contributed by atoms with E-state index < -0.39 is 5.41 Å². The van der Waals surface area contributed by atoms with Crippen LogP contribution >= 0.6 is 0 Å². The highest BCUT2D eigenvalue weighted by Crippen LogP contribution is 2.20. The quantitative estimate of drug-likeness (QED) is 0.793. The van der Waals surface area contributed by atoms with Gasteiger partial charge < -0.3 is 15.4 Å². The van der Waals surface area contributed by atoms with E-state index in [2.05, 4.69) is 10.6 Å². The van der Waals surface area contributed by atoms with E-state index in [0.717, 1.165) is 16.9 Å². The molecule has 0 saturated heterocycles. The standard InChI is InChI=1S/C20H24N2O3/c1-14-6-5-7-16(12-14)22-19(24)20(2,3)18(23)21-13-15-8-10-17(25-4)11-9-15/h5-12H,13H2,1-4H3,(H,21,23)(H,22,24). The first-order valence-corrected chi connectivity index (χ1v) is 8.12. The minimum atomic E-state index is -1.18. The number of ether oxygens (including phenoxy) is 1. The van der Waals surface area contributed by atoms with Gasteiger partial charge in [-0.25, -0.2) is 0 Å². The van der Waals surface area contributed by atoms with E-state index in [0.29, 0.717) is 12.2 Å².